The van der Waals surface area contributed by atoms with Crippen LogP contribution in [0.5, 0.6) is 0 Å². The van der Waals surface area contributed by atoms with Crippen LogP contribution in [0.3, 0.4) is 0 Å². The highest BCUT2D eigenvalue weighted by atomic mass is 127. The summed E-state index contributed by atoms with van der Waals surface area (Å²) in [5, 5.41) is 4.53. The van der Waals surface area contributed by atoms with Crippen LogP contribution in [-0.2, 0) is 0 Å². The Bertz CT molecular complexity index is 826. The van der Waals surface area contributed by atoms with E-state index in [-0.39, 0.29) is 5.91 Å². The molecular formula is C17H12BrIN2O. The standard InChI is InChI=1S/C17H12BrIN2O/c1-11(22)21-17(13-7-9-14(18)10-8-13)15(19)16(20-21)12-5-3-2-4-6-12/h2-10H,1H3. The van der Waals surface area contributed by atoms with Crippen LogP contribution in [0.15, 0.2) is 59.1 Å². The van der Waals surface area contributed by atoms with Crippen LogP contribution in [0.1, 0.15) is 11.7 Å². The summed E-state index contributed by atoms with van der Waals surface area (Å²) in [4.78, 5) is 12.0. The zero-order valence-electron chi connectivity index (χ0n) is 11.8. The molecule has 110 valence electrons. The zero-order chi connectivity index (χ0) is 15.7. The first-order valence-corrected chi connectivity index (χ1v) is 8.56. The van der Waals surface area contributed by atoms with E-state index >= 15 is 0 Å². The average Bonchev–Trinajstić information content (AvgIpc) is 2.87. The molecule has 5 heteroatoms. The summed E-state index contributed by atoms with van der Waals surface area (Å²) in [6.07, 6.45) is 0. The third-order valence-corrected chi connectivity index (χ3v) is 4.84. The van der Waals surface area contributed by atoms with E-state index in [9.17, 15) is 4.79 Å². The summed E-state index contributed by atoms with van der Waals surface area (Å²) in [6.45, 7) is 1.53. The molecule has 3 aromatic rings. The minimum atomic E-state index is -0.0991. The van der Waals surface area contributed by atoms with Gasteiger partial charge in [-0.25, -0.2) is 0 Å². The number of nitrogens with zero attached hydrogens (tertiary/aromatic N) is 2. The quantitative estimate of drug-likeness (QED) is 0.484. The normalized spacial score (nSPS) is 10.7. The molecule has 1 heterocycles. The first-order chi connectivity index (χ1) is 10.6. The maximum absolute atomic E-state index is 12.0. The Morgan fingerprint density at radius 1 is 1.05 bits per heavy atom. The minimum absolute atomic E-state index is 0.0991. The first kappa shape index (κ1) is 15.4. The highest BCUT2D eigenvalue weighted by Gasteiger charge is 2.20. The number of hydrogen-bond donors (Lipinski definition) is 0. The average molecular weight is 467 g/mol. The van der Waals surface area contributed by atoms with Crippen LogP contribution in [0.4, 0.5) is 0 Å². The fourth-order valence-corrected chi connectivity index (χ4v) is 3.49. The van der Waals surface area contributed by atoms with E-state index in [0.717, 1.165) is 30.6 Å². The molecule has 0 saturated carbocycles. The van der Waals surface area contributed by atoms with Crippen molar-refractivity contribution < 1.29 is 4.79 Å². The summed E-state index contributed by atoms with van der Waals surface area (Å²) in [5.74, 6) is -0.0991. The van der Waals surface area contributed by atoms with Gasteiger partial charge in [-0.15, -0.1) is 0 Å². The second-order valence-electron chi connectivity index (χ2n) is 4.81. The van der Waals surface area contributed by atoms with Gasteiger partial charge in [0.15, 0.2) is 0 Å². The van der Waals surface area contributed by atoms with Crippen molar-refractivity contribution in [3.8, 4) is 22.5 Å². The van der Waals surface area contributed by atoms with Crippen molar-refractivity contribution in [2.75, 3.05) is 0 Å². The summed E-state index contributed by atoms with van der Waals surface area (Å²) < 4.78 is 3.46. The number of carbonyl (C=O) groups is 1. The van der Waals surface area contributed by atoms with Crippen LogP contribution in [0.2, 0.25) is 0 Å². The first-order valence-electron chi connectivity index (χ1n) is 6.68. The van der Waals surface area contributed by atoms with Gasteiger partial charge in [-0.2, -0.15) is 9.78 Å². The smallest absolute Gasteiger partial charge is 0.244 e. The number of carbonyl (C=O) groups excluding carboxylic acids is 1. The molecule has 0 spiro atoms. The van der Waals surface area contributed by atoms with Crippen molar-refractivity contribution in [3.05, 3.63) is 62.6 Å². The Morgan fingerprint density at radius 2 is 1.68 bits per heavy atom. The van der Waals surface area contributed by atoms with Crippen LogP contribution < -0.4 is 0 Å². The molecule has 0 aliphatic carbocycles. The van der Waals surface area contributed by atoms with Gasteiger partial charge in [0.05, 0.1) is 9.26 Å². The summed E-state index contributed by atoms with van der Waals surface area (Å²) in [7, 11) is 0. The van der Waals surface area contributed by atoms with E-state index in [4.69, 9.17) is 0 Å². The fraction of sp³-hybridized carbons (Fsp3) is 0.0588. The Morgan fingerprint density at radius 3 is 2.27 bits per heavy atom. The lowest BCUT2D eigenvalue weighted by atomic mass is 10.1. The van der Waals surface area contributed by atoms with Crippen LogP contribution in [0, 0.1) is 3.57 Å². The Kier molecular flexibility index (Phi) is 4.44. The number of halogens is 2. The molecule has 0 bridgehead atoms. The van der Waals surface area contributed by atoms with E-state index in [0.29, 0.717) is 0 Å². The molecule has 3 rings (SSSR count). The summed E-state index contributed by atoms with van der Waals surface area (Å²) in [6, 6.07) is 17.8. The van der Waals surface area contributed by atoms with Crippen LogP contribution >= 0.6 is 38.5 Å². The van der Waals surface area contributed by atoms with E-state index < -0.39 is 0 Å². The van der Waals surface area contributed by atoms with Crippen molar-refractivity contribution in [2.45, 2.75) is 6.92 Å². The third kappa shape index (κ3) is 2.87. The van der Waals surface area contributed by atoms with Crippen molar-refractivity contribution in [3.63, 3.8) is 0 Å². The molecule has 0 radical (unpaired) electrons. The third-order valence-electron chi connectivity index (χ3n) is 3.29. The van der Waals surface area contributed by atoms with Crippen LogP contribution in [0.25, 0.3) is 22.5 Å². The second kappa shape index (κ2) is 6.34. The molecule has 0 atom stereocenters. The molecule has 0 N–H and O–H groups in total. The maximum atomic E-state index is 12.0. The molecule has 1 aromatic heterocycles. The molecule has 0 unspecified atom stereocenters. The molecule has 0 amide bonds. The molecule has 2 aromatic carbocycles. The predicted molar refractivity (Wildman–Crippen MR) is 99.8 cm³/mol. The van der Waals surface area contributed by atoms with Gasteiger partial charge < -0.3 is 0 Å². The molecule has 0 fully saturated rings. The number of benzene rings is 2. The molecule has 0 aliphatic heterocycles. The van der Waals surface area contributed by atoms with Gasteiger partial charge in [-0.05, 0) is 34.7 Å². The molecular weight excluding hydrogens is 455 g/mol. The Labute approximate surface area is 150 Å². The van der Waals surface area contributed by atoms with Crippen molar-refractivity contribution >= 4 is 44.4 Å². The lowest BCUT2D eigenvalue weighted by Crippen LogP contribution is -2.09. The largest absolute Gasteiger partial charge is 0.273 e. The van der Waals surface area contributed by atoms with E-state index in [2.05, 4.69) is 43.6 Å². The molecule has 0 aliphatic rings. The lowest BCUT2D eigenvalue weighted by molar-refractivity contribution is 0.0923. The zero-order valence-corrected chi connectivity index (χ0v) is 15.5. The molecule has 22 heavy (non-hydrogen) atoms. The number of rotatable bonds is 2. The van der Waals surface area contributed by atoms with Crippen molar-refractivity contribution in [1.82, 2.24) is 9.78 Å². The highest BCUT2D eigenvalue weighted by Crippen LogP contribution is 2.33. The molecule has 3 nitrogen and oxygen atoms in total. The van der Waals surface area contributed by atoms with Gasteiger partial charge in [0, 0.05) is 22.5 Å². The SMILES string of the molecule is CC(=O)n1nc(-c2ccccc2)c(I)c1-c1ccc(Br)cc1. The number of aromatic nitrogens is 2. The predicted octanol–water partition coefficient (Wildman–Crippen LogP) is 5.24. The minimum Gasteiger partial charge on any atom is -0.273 e. The Balaban J connectivity index is 2.23. The summed E-state index contributed by atoms with van der Waals surface area (Å²) >= 11 is 5.70. The monoisotopic (exact) mass is 466 g/mol. The van der Waals surface area contributed by atoms with Crippen molar-refractivity contribution in [1.29, 1.82) is 0 Å². The summed E-state index contributed by atoms with van der Waals surface area (Å²) in [5.41, 5.74) is 3.64. The van der Waals surface area contributed by atoms with Gasteiger partial charge >= 0.3 is 0 Å². The van der Waals surface area contributed by atoms with E-state index in [1.165, 1.54) is 11.6 Å². The van der Waals surface area contributed by atoms with Crippen LogP contribution in [-0.4, -0.2) is 15.7 Å². The Hall–Kier alpha value is -1.47. The van der Waals surface area contributed by atoms with E-state index in [1.54, 1.807) is 0 Å². The van der Waals surface area contributed by atoms with Gasteiger partial charge in [-0.1, -0.05) is 58.4 Å². The molecule has 0 saturated heterocycles. The van der Waals surface area contributed by atoms with Gasteiger partial charge in [0.1, 0.15) is 5.69 Å². The lowest BCUT2D eigenvalue weighted by Gasteiger charge is -2.04. The van der Waals surface area contributed by atoms with Gasteiger partial charge in [-0.3, -0.25) is 4.79 Å². The topological polar surface area (TPSA) is 34.9 Å². The highest BCUT2D eigenvalue weighted by molar-refractivity contribution is 14.1. The fourth-order valence-electron chi connectivity index (χ4n) is 2.26. The maximum Gasteiger partial charge on any atom is 0.244 e. The van der Waals surface area contributed by atoms with E-state index in [1.807, 2.05) is 54.6 Å². The number of hydrogen-bond acceptors (Lipinski definition) is 2. The van der Waals surface area contributed by atoms with Gasteiger partial charge in [0.25, 0.3) is 0 Å². The second-order valence-corrected chi connectivity index (χ2v) is 6.81. The van der Waals surface area contributed by atoms with Gasteiger partial charge in [0.2, 0.25) is 5.91 Å². The van der Waals surface area contributed by atoms with Crippen molar-refractivity contribution in [2.24, 2.45) is 0 Å².